The van der Waals surface area contributed by atoms with Gasteiger partial charge in [0, 0.05) is 11.4 Å². The molecule has 0 bridgehead atoms. The minimum Gasteiger partial charge on any atom is -0.320 e. The maximum Gasteiger partial charge on any atom is 0.241 e. The first kappa shape index (κ1) is 15.5. The molecule has 20 heavy (non-hydrogen) atoms. The highest BCUT2D eigenvalue weighted by Crippen LogP contribution is 2.33. The van der Waals surface area contributed by atoms with Crippen molar-refractivity contribution in [2.75, 3.05) is 6.54 Å². The maximum atomic E-state index is 12.6. The highest BCUT2D eigenvalue weighted by molar-refractivity contribution is 7.10. The second kappa shape index (κ2) is 5.86. The first-order chi connectivity index (χ1) is 9.34. The van der Waals surface area contributed by atoms with Crippen molar-refractivity contribution in [2.24, 2.45) is 11.3 Å². The minimum absolute atomic E-state index is 0.0331. The molecule has 112 valence electrons. The van der Waals surface area contributed by atoms with Crippen LogP contribution in [-0.2, 0) is 4.79 Å². The van der Waals surface area contributed by atoms with E-state index in [1.165, 1.54) is 4.88 Å². The van der Waals surface area contributed by atoms with Crippen LogP contribution < -0.4 is 5.32 Å². The summed E-state index contributed by atoms with van der Waals surface area (Å²) in [5.74, 6) is 0.716. The van der Waals surface area contributed by atoms with Crippen LogP contribution >= 0.6 is 11.3 Å². The van der Waals surface area contributed by atoms with Gasteiger partial charge in [0.25, 0.3) is 0 Å². The van der Waals surface area contributed by atoms with E-state index < -0.39 is 0 Å². The second-order valence-corrected chi connectivity index (χ2v) is 7.78. The molecule has 2 heterocycles. The molecule has 1 amide bonds. The molecule has 1 N–H and O–H groups in total. The SMILES string of the molecule is CCC1NC(c2cccs2)N(CC(C)C(C)(C)C)C1=O. The monoisotopic (exact) mass is 294 g/mol. The Labute approximate surface area is 126 Å². The molecular formula is C16H26N2OS. The molecular weight excluding hydrogens is 268 g/mol. The zero-order chi connectivity index (χ0) is 14.9. The first-order valence-electron chi connectivity index (χ1n) is 7.44. The number of nitrogens with zero attached hydrogens (tertiary/aromatic N) is 1. The van der Waals surface area contributed by atoms with Gasteiger partial charge in [0.05, 0.1) is 6.04 Å². The number of hydrogen-bond acceptors (Lipinski definition) is 3. The van der Waals surface area contributed by atoms with Gasteiger partial charge in [-0.3, -0.25) is 10.1 Å². The van der Waals surface area contributed by atoms with Crippen LogP contribution in [0.4, 0.5) is 0 Å². The highest BCUT2D eigenvalue weighted by atomic mass is 32.1. The van der Waals surface area contributed by atoms with E-state index in [9.17, 15) is 4.79 Å². The lowest BCUT2D eigenvalue weighted by atomic mass is 9.82. The lowest BCUT2D eigenvalue weighted by Gasteiger charge is -2.33. The van der Waals surface area contributed by atoms with E-state index >= 15 is 0 Å². The van der Waals surface area contributed by atoms with Gasteiger partial charge in [-0.15, -0.1) is 11.3 Å². The van der Waals surface area contributed by atoms with E-state index in [-0.39, 0.29) is 23.5 Å². The fraction of sp³-hybridized carbons (Fsp3) is 0.688. The van der Waals surface area contributed by atoms with Crippen LogP contribution in [-0.4, -0.2) is 23.4 Å². The molecule has 1 fully saturated rings. The molecule has 1 saturated heterocycles. The van der Waals surface area contributed by atoms with Crippen LogP contribution in [0.3, 0.4) is 0 Å². The Morgan fingerprint density at radius 1 is 1.45 bits per heavy atom. The summed E-state index contributed by atoms with van der Waals surface area (Å²) in [5, 5.41) is 5.56. The van der Waals surface area contributed by atoms with E-state index in [1.807, 2.05) is 4.90 Å². The molecule has 0 aliphatic carbocycles. The molecule has 0 spiro atoms. The van der Waals surface area contributed by atoms with Crippen LogP contribution in [0.2, 0.25) is 0 Å². The van der Waals surface area contributed by atoms with E-state index in [1.54, 1.807) is 11.3 Å². The van der Waals surface area contributed by atoms with Crippen molar-refractivity contribution < 1.29 is 4.79 Å². The maximum absolute atomic E-state index is 12.6. The van der Waals surface area contributed by atoms with Crippen LogP contribution in [0, 0.1) is 11.3 Å². The predicted octanol–water partition coefficient (Wildman–Crippen LogP) is 3.64. The Morgan fingerprint density at radius 2 is 2.15 bits per heavy atom. The lowest BCUT2D eigenvalue weighted by Crippen LogP contribution is -2.38. The van der Waals surface area contributed by atoms with Crippen LogP contribution in [0.5, 0.6) is 0 Å². The molecule has 1 aliphatic heterocycles. The van der Waals surface area contributed by atoms with Gasteiger partial charge in [-0.25, -0.2) is 0 Å². The summed E-state index contributed by atoms with van der Waals surface area (Å²) in [7, 11) is 0. The minimum atomic E-state index is -0.0331. The summed E-state index contributed by atoms with van der Waals surface area (Å²) in [4.78, 5) is 15.8. The van der Waals surface area contributed by atoms with Gasteiger partial charge in [0.1, 0.15) is 6.17 Å². The summed E-state index contributed by atoms with van der Waals surface area (Å²) < 4.78 is 0. The number of thiophene rings is 1. The number of carbonyl (C=O) groups is 1. The fourth-order valence-electron chi connectivity index (χ4n) is 2.42. The molecule has 4 heteroatoms. The van der Waals surface area contributed by atoms with Crippen molar-refractivity contribution in [2.45, 2.75) is 53.2 Å². The normalized spacial score (nSPS) is 25.2. The van der Waals surface area contributed by atoms with Crippen molar-refractivity contribution in [1.29, 1.82) is 0 Å². The highest BCUT2D eigenvalue weighted by Gasteiger charge is 2.40. The molecule has 0 saturated carbocycles. The van der Waals surface area contributed by atoms with Crippen LogP contribution in [0.15, 0.2) is 17.5 Å². The number of nitrogens with one attached hydrogen (secondary N) is 1. The van der Waals surface area contributed by atoms with E-state index in [0.717, 1.165) is 13.0 Å². The Bertz CT molecular complexity index is 450. The summed E-state index contributed by atoms with van der Waals surface area (Å²) >= 11 is 1.72. The average Bonchev–Trinajstić information content (AvgIpc) is 2.98. The van der Waals surface area contributed by atoms with E-state index in [0.29, 0.717) is 5.92 Å². The Hall–Kier alpha value is -0.870. The Balaban J connectivity index is 2.20. The van der Waals surface area contributed by atoms with Crippen LogP contribution in [0.25, 0.3) is 0 Å². The lowest BCUT2D eigenvalue weighted by molar-refractivity contribution is -0.131. The zero-order valence-electron chi connectivity index (χ0n) is 13.1. The third-order valence-electron chi connectivity index (χ3n) is 4.42. The van der Waals surface area contributed by atoms with Crippen LogP contribution in [0.1, 0.15) is 52.1 Å². The number of carbonyl (C=O) groups excluding carboxylic acids is 1. The molecule has 1 aliphatic rings. The Morgan fingerprint density at radius 3 is 2.65 bits per heavy atom. The standard InChI is InChI=1S/C16H26N2OS/c1-6-12-15(19)18(10-11(2)16(3,4)5)14(17-12)13-8-7-9-20-13/h7-9,11-12,14,17H,6,10H2,1-5H3. The van der Waals surface area contributed by atoms with Gasteiger partial charge in [-0.05, 0) is 29.2 Å². The van der Waals surface area contributed by atoms with Gasteiger partial charge in [-0.2, -0.15) is 0 Å². The van der Waals surface area contributed by atoms with Gasteiger partial charge in [-0.1, -0.05) is 40.7 Å². The number of amides is 1. The van der Waals surface area contributed by atoms with Gasteiger partial charge in [0.15, 0.2) is 0 Å². The number of rotatable bonds is 4. The van der Waals surface area contributed by atoms with Gasteiger partial charge >= 0.3 is 0 Å². The van der Waals surface area contributed by atoms with Crippen molar-refractivity contribution in [1.82, 2.24) is 10.2 Å². The first-order valence-corrected chi connectivity index (χ1v) is 8.32. The molecule has 3 nitrogen and oxygen atoms in total. The Kier molecular flexibility index (Phi) is 4.55. The van der Waals surface area contributed by atoms with Crippen molar-refractivity contribution in [3.8, 4) is 0 Å². The molecule has 1 aromatic heterocycles. The summed E-state index contributed by atoms with van der Waals surface area (Å²) in [6.07, 6.45) is 0.901. The summed E-state index contributed by atoms with van der Waals surface area (Å²) in [5.41, 5.74) is 0.213. The van der Waals surface area contributed by atoms with Crippen molar-refractivity contribution >= 4 is 17.2 Å². The zero-order valence-corrected chi connectivity index (χ0v) is 14.0. The second-order valence-electron chi connectivity index (χ2n) is 6.80. The van der Waals surface area contributed by atoms with Crippen molar-refractivity contribution in [3.05, 3.63) is 22.4 Å². The topological polar surface area (TPSA) is 32.3 Å². The molecule has 1 aromatic rings. The quantitative estimate of drug-likeness (QED) is 0.919. The molecule has 2 rings (SSSR count). The smallest absolute Gasteiger partial charge is 0.241 e. The van der Waals surface area contributed by atoms with Gasteiger partial charge < -0.3 is 4.90 Å². The molecule has 0 aromatic carbocycles. The third kappa shape index (κ3) is 3.07. The van der Waals surface area contributed by atoms with Gasteiger partial charge in [0.2, 0.25) is 5.91 Å². The molecule has 3 atom stereocenters. The van der Waals surface area contributed by atoms with Crippen molar-refractivity contribution in [3.63, 3.8) is 0 Å². The average molecular weight is 294 g/mol. The van der Waals surface area contributed by atoms with E-state index in [2.05, 4.69) is 57.4 Å². The molecule has 0 radical (unpaired) electrons. The fourth-order valence-corrected chi connectivity index (χ4v) is 3.21. The predicted molar refractivity (Wildman–Crippen MR) is 84.6 cm³/mol. The largest absolute Gasteiger partial charge is 0.320 e. The summed E-state index contributed by atoms with van der Waals surface area (Å²) in [6.45, 7) is 11.8. The van der Waals surface area contributed by atoms with E-state index in [4.69, 9.17) is 0 Å². The summed E-state index contributed by atoms with van der Waals surface area (Å²) in [6, 6.07) is 4.13. The third-order valence-corrected chi connectivity index (χ3v) is 5.35. The molecule has 3 unspecified atom stereocenters. The number of hydrogen-bond donors (Lipinski definition) is 1.